The fourth-order valence-corrected chi connectivity index (χ4v) is 4.86. The van der Waals surface area contributed by atoms with Gasteiger partial charge in [-0.2, -0.15) is 0 Å². The first-order chi connectivity index (χ1) is 26.2. The number of aliphatic hydroxyl groups excluding tert-OH is 1. The third-order valence-corrected chi connectivity index (χ3v) is 7.05. The first-order valence-electron chi connectivity index (χ1n) is 14.9. The summed E-state index contributed by atoms with van der Waals surface area (Å²) in [5.74, 6) is 0.681. The predicted octanol–water partition coefficient (Wildman–Crippen LogP) is -0.772. The van der Waals surface area contributed by atoms with Crippen LogP contribution < -0.4 is 60.1 Å². The zero-order valence-electron chi connectivity index (χ0n) is 27.9. The molecule has 5 aromatic heterocycles. The first-order valence-corrected chi connectivity index (χ1v) is 16.3. The second kappa shape index (κ2) is 17.9. The summed E-state index contributed by atoms with van der Waals surface area (Å²) in [7, 11) is 1.56. The molecule has 7 rings (SSSR count). The van der Waals surface area contributed by atoms with Gasteiger partial charge in [-0.1, -0.05) is 6.07 Å². The fraction of sp³-hybridized carbons (Fsp3) is 0.129. The average Bonchev–Trinajstić information content (AvgIpc) is 3.10. The molecule has 0 bridgehead atoms. The molecular formula is C31H25N7O16Se. The van der Waals surface area contributed by atoms with Gasteiger partial charge >= 0.3 is 56.8 Å². The Morgan fingerprint density at radius 3 is 2.02 bits per heavy atom. The van der Waals surface area contributed by atoms with E-state index in [1.54, 1.807) is 26.2 Å². The van der Waals surface area contributed by atoms with Crippen LogP contribution in [0.3, 0.4) is 0 Å². The van der Waals surface area contributed by atoms with Crippen LogP contribution in [0.2, 0.25) is 0 Å². The number of carbonyl (C=O) groups excluding carboxylic acids is 2. The van der Waals surface area contributed by atoms with E-state index in [-0.39, 0.29) is 40.2 Å². The van der Waals surface area contributed by atoms with Crippen molar-refractivity contribution in [1.29, 1.82) is 0 Å². The number of methoxy groups -OCH3 is 1. The van der Waals surface area contributed by atoms with E-state index in [1.165, 1.54) is 12.1 Å². The first kappa shape index (κ1) is 40.3. The van der Waals surface area contributed by atoms with Gasteiger partial charge in [0.15, 0.2) is 12.5 Å². The van der Waals surface area contributed by atoms with Crippen LogP contribution in [0.4, 0.5) is 16.4 Å². The maximum atomic E-state index is 12.0. The summed E-state index contributed by atoms with van der Waals surface area (Å²) in [5, 5.41) is 17.1. The minimum absolute atomic E-state index is 0.00579. The Labute approximate surface area is 306 Å². The third-order valence-electron chi connectivity index (χ3n) is 7.05. The number of amides is 2. The van der Waals surface area contributed by atoms with Crippen LogP contribution in [0.1, 0.15) is 33.3 Å². The van der Waals surface area contributed by atoms with Gasteiger partial charge < -0.3 is 33.7 Å². The molecule has 0 fully saturated rings. The maximum absolute atomic E-state index is 12.0. The zero-order valence-corrected chi connectivity index (χ0v) is 29.6. The standard InChI is InChI=1S/C15H13N3O5.C8H4N2O5.C8H8N2O4.O2Se/c1-22-10-4-2-3-9(6-10)16-7-8-5-11(19)23-14-12(8)13(20)17-15(21)18-14;11-2-3-1-4(12)15-7-5(3)6(13)9-8(14)10-7;1-3-2-4(11)14-7-5(3)6(12)9-8(13)10-7;1-3-2/h2-6,16H,7H2,1H3,(H2,17,18,20,21);1-2H,(H2,9,10,13,14);2,6,12H,1H3,(H2,9,10,13);. The molecule has 1 atom stereocenters. The molecular weight excluding hydrogens is 805 g/mol. The number of ether oxygens (including phenoxy) is 1. The van der Waals surface area contributed by atoms with Crippen LogP contribution in [0, 0.1) is 6.92 Å². The average molecular weight is 831 g/mol. The number of aromatic amines is 4. The van der Waals surface area contributed by atoms with Crippen molar-refractivity contribution in [2.75, 3.05) is 17.7 Å². The van der Waals surface area contributed by atoms with Crippen LogP contribution in [-0.4, -0.2) is 59.3 Å². The Bertz CT molecular complexity index is 2870. The molecule has 1 aliphatic rings. The quantitative estimate of drug-likeness (QED) is 0.0781. The topological polar surface area (TPSA) is 356 Å². The number of aldehydes is 1. The molecule has 0 radical (unpaired) electrons. The summed E-state index contributed by atoms with van der Waals surface area (Å²) >= 11 is -1.62. The number of aromatic nitrogens is 4. The van der Waals surface area contributed by atoms with Crippen molar-refractivity contribution in [1.82, 2.24) is 25.3 Å². The van der Waals surface area contributed by atoms with E-state index in [0.717, 1.165) is 11.8 Å². The van der Waals surface area contributed by atoms with Crippen LogP contribution >= 0.6 is 0 Å². The summed E-state index contributed by atoms with van der Waals surface area (Å²) in [6.45, 7) is 1.85. The number of benzene rings is 1. The number of carbonyl (C=O) groups is 2. The second-order valence-electron chi connectivity index (χ2n) is 10.6. The Kier molecular flexibility index (Phi) is 13.1. The molecule has 1 aliphatic heterocycles. The Hall–Kier alpha value is -7.43. The van der Waals surface area contributed by atoms with Crippen molar-refractivity contribution in [3.8, 4) is 5.75 Å². The molecule has 6 heterocycles. The molecule has 1 aromatic carbocycles. The molecule has 0 aliphatic carbocycles. The van der Waals surface area contributed by atoms with E-state index < -0.39 is 66.5 Å². The monoisotopic (exact) mass is 831 g/mol. The molecule has 0 saturated heterocycles. The summed E-state index contributed by atoms with van der Waals surface area (Å²) in [4.78, 5) is 109. The number of aryl methyl sites for hydroxylation is 1. The van der Waals surface area contributed by atoms with Gasteiger partial charge in [-0.15, -0.1) is 0 Å². The SMILES string of the molecule is COc1cccc(NCc2cc(=O)oc3[nH]c(=O)[nH]c(=O)c23)c1.Cc1cc(=O)oc2c1C(O)NC(=O)N2.O=Cc1cc(=O)oc2[nH]c(=O)[nH]c(=O)c12.O=[Se]=O. The normalized spacial score (nSPS) is 12.5. The Morgan fingerprint density at radius 2 is 1.40 bits per heavy atom. The van der Waals surface area contributed by atoms with Crippen LogP contribution in [0.5, 0.6) is 5.75 Å². The molecule has 286 valence electrons. The molecule has 23 nitrogen and oxygen atoms in total. The van der Waals surface area contributed by atoms with Gasteiger partial charge in [0.05, 0.1) is 12.7 Å². The molecule has 8 N–H and O–H groups in total. The molecule has 55 heavy (non-hydrogen) atoms. The van der Waals surface area contributed by atoms with Crippen molar-refractivity contribution >= 4 is 60.9 Å². The number of urea groups is 1. The third kappa shape index (κ3) is 10.1. The van der Waals surface area contributed by atoms with Crippen molar-refractivity contribution < 1.29 is 40.4 Å². The summed E-state index contributed by atoms with van der Waals surface area (Å²) in [6.07, 6.45) is -0.796. The summed E-state index contributed by atoms with van der Waals surface area (Å²) in [6, 6.07) is 9.95. The fourth-order valence-electron chi connectivity index (χ4n) is 4.86. The van der Waals surface area contributed by atoms with E-state index in [0.29, 0.717) is 28.7 Å². The van der Waals surface area contributed by atoms with Gasteiger partial charge in [0.25, 0.3) is 11.1 Å². The zero-order chi connectivity index (χ0) is 40.4. The van der Waals surface area contributed by atoms with Crippen molar-refractivity contribution in [2.24, 2.45) is 0 Å². The van der Waals surface area contributed by atoms with Crippen LogP contribution in [0.15, 0.2) is 89.3 Å². The molecule has 6 aromatic rings. The van der Waals surface area contributed by atoms with Gasteiger partial charge in [-0.3, -0.25) is 39.6 Å². The second-order valence-corrected chi connectivity index (χ2v) is 10.9. The molecule has 0 spiro atoms. The van der Waals surface area contributed by atoms with Crippen molar-refractivity contribution in [2.45, 2.75) is 19.7 Å². The van der Waals surface area contributed by atoms with Crippen molar-refractivity contribution in [3.05, 3.63) is 138 Å². The summed E-state index contributed by atoms with van der Waals surface area (Å²) < 4.78 is 36.2. The van der Waals surface area contributed by atoms with Gasteiger partial charge in [-0.25, -0.2) is 28.8 Å². The number of hydrogen-bond acceptors (Lipinski definition) is 17. The Morgan fingerprint density at radius 1 is 0.818 bits per heavy atom. The molecule has 2 amide bonds. The van der Waals surface area contributed by atoms with E-state index in [1.807, 2.05) is 17.1 Å². The van der Waals surface area contributed by atoms with Gasteiger partial charge in [0.1, 0.15) is 16.5 Å². The van der Waals surface area contributed by atoms with Gasteiger partial charge in [-0.05, 0) is 30.2 Å². The molecule has 0 saturated carbocycles. The number of anilines is 2. The Balaban J connectivity index is 0.000000184. The van der Waals surface area contributed by atoms with Crippen LogP contribution in [0.25, 0.3) is 22.2 Å². The minimum atomic E-state index is -1.62. The summed E-state index contributed by atoms with van der Waals surface area (Å²) in [5.41, 5.74) is -3.42. The van der Waals surface area contributed by atoms with Crippen molar-refractivity contribution in [3.63, 3.8) is 0 Å². The van der Waals surface area contributed by atoms with Gasteiger partial charge in [0, 0.05) is 42.1 Å². The van der Waals surface area contributed by atoms with Gasteiger partial charge in [0.2, 0.25) is 17.3 Å². The number of fused-ring (bicyclic) bond motifs is 3. The molecule has 1 unspecified atom stereocenters. The van der Waals surface area contributed by atoms with E-state index >= 15 is 0 Å². The number of H-pyrrole nitrogens is 4. The molecule has 24 heteroatoms. The van der Waals surface area contributed by atoms with E-state index in [4.69, 9.17) is 21.2 Å². The number of hydrogen-bond donors (Lipinski definition) is 8. The predicted molar refractivity (Wildman–Crippen MR) is 187 cm³/mol. The number of rotatable bonds is 5. The van der Waals surface area contributed by atoms with E-state index in [9.17, 15) is 48.3 Å². The van der Waals surface area contributed by atoms with Crippen LogP contribution in [-0.2, 0) is 14.2 Å². The van der Waals surface area contributed by atoms with E-state index in [2.05, 4.69) is 35.3 Å². The number of nitrogens with one attached hydrogen (secondary N) is 7. The number of aliphatic hydroxyl groups is 1.